The van der Waals surface area contributed by atoms with E-state index in [0.29, 0.717) is 0 Å². The number of nitrogens with two attached hydrogens (primary N) is 2. The average molecular weight is 232 g/mol. The lowest BCUT2D eigenvalue weighted by Gasteiger charge is -2.01. The predicted molar refractivity (Wildman–Crippen MR) is 49.5 cm³/mol. The summed E-state index contributed by atoms with van der Waals surface area (Å²) in [7, 11) is 0. The van der Waals surface area contributed by atoms with E-state index >= 15 is 0 Å². The fraction of sp³-hybridized carbons (Fsp3) is 0.500. The molecule has 8 nitrogen and oxygen atoms in total. The van der Waals surface area contributed by atoms with Crippen molar-refractivity contribution in [3.8, 4) is 0 Å². The molecule has 0 aliphatic rings. The Hall–Kier alpha value is -1.80. The van der Waals surface area contributed by atoms with Crippen LogP contribution in [0.5, 0.6) is 0 Å². The molecular weight excluding hydrogens is 220 g/mol. The molecule has 0 amide bonds. The number of carbonyl (C=O) groups excluding carboxylic acids is 4. The first kappa shape index (κ1) is 14.2. The van der Waals surface area contributed by atoms with Gasteiger partial charge in [-0.15, -0.1) is 0 Å². The van der Waals surface area contributed by atoms with E-state index in [9.17, 15) is 19.2 Å². The second-order valence-electron chi connectivity index (χ2n) is 2.60. The van der Waals surface area contributed by atoms with Crippen LogP contribution in [-0.2, 0) is 28.7 Å². The van der Waals surface area contributed by atoms with Gasteiger partial charge in [0.2, 0.25) is 0 Å². The maximum absolute atomic E-state index is 10.9. The van der Waals surface area contributed by atoms with Crippen LogP contribution in [0.3, 0.4) is 0 Å². The van der Waals surface area contributed by atoms with Gasteiger partial charge in [0.15, 0.2) is 0 Å². The van der Waals surface area contributed by atoms with Crippen molar-refractivity contribution in [1.82, 2.24) is 0 Å². The number of esters is 4. The lowest BCUT2D eigenvalue weighted by Crippen LogP contribution is -2.23. The quantitative estimate of drug-likeness (QED) is 0.403. The van der Waals surface area contributed by atoms with Crippen LogP contribution in [0.15, 0.2) is 0 Å². The molecule has 0 bridgehead atoms. The molecular formula is C8H12N2O6. The average Bonchev–Trinajstić information content (AvgIpc) is 2.26. The summed E-state index contributed by atoms with van der Waals surface area (Å²) in [6.07, 6.45) is -0.745. The number of hydrogen-bond donors (Lipinski definition) is 2. The van der Waals surface area contributed by atoms with Gasteiger partial charge >= 0.3 is 23.9 Å². The first-order valence-electron chi connectivity index (χ1n) is 4.36. The first-order valence-corrected chi connectivity index (χ1v) is 4.36. The standard InChI is InChI=1S/C8H12N2O6/c9-3-7(13)15-5(11)1-2-6(12)16-8(14)4-10/h1-4,9-10H2. The Labute approximate surface area is 90.8 Å². The SMILES string of the molecule is NCC(=O)OC(=O)CCC(=O)OC(=O)CN. The van der Waals surface area contributed by atoms with Gasteiger partial charge in [-0.05, 0) is 0 Å². The van der Waals surface area contributed by atoms with Crippen molar-refractivity contribution in [3.63, 3.8) is 0 Å². The minimum atomic E-state index is -0.910. The van der Waals surface area contributed by atoms with Crippen molar-refractivity contribution in [2.75, 3.05) is 13.1 Å². The molecule has 0 saturated carbocycles. The van der Waals surface area contributed by atoms with Crippen molar-refractivity contribution < 1.29 is 28.7 Å². The van der Waals surface area contributed by atoms with E-state index in [1.165, 1.54) is 0 Å². The molecule has 16 heavy (non-hydrogen) atoms. The van der Waals surface area contributed by atoms with Gasteiger partial charge in [0.1, 0.15) is 0 Å². The Kier molecular flexibility index (Phi) is 6.64. The van der Waals surface area contributed by atoms with Crippen molar-refractivity contribution in [2.45, 2.75) is 12.8 Å². The van der Waals surface area contributed by atoms with E-state index in [0.717, 1.165) is 0 Å². The molecule has 0 aliphatic carbocycles. The molecule has 0 rings (SSSR count). The minimum absolute atomic E-state index is 0.373. The summed E-state index contributed by atoms with van der Waals surface area (Å²) < 4.78 is 8.32. The van der Waals surface area contributed by atoms with Crippen LogP contribution in [0.2, 0.25) is 0 Å². The maximum atomic E-state index is 10.9. The summed E-state index contributed by atoms with van der Waals surface area (Å²) in [5, 5.41) is 0. The molecule has 0 radical (unpaired) electrons. The summed E-state index contributed by atoms with van der Waals surface area (Å²) in [6.45, 7) is -0.857. The highest BCUT2D eigenvalue weighted by atomic mass is 16.6. The fourth-order valence-electron chi connectivity index (χ4n) is 0.643. The highest BCUT2D eigenvalue weighted by Gasteiger charge is 2.14. The smallest absolute Gasteiger partial charge is 0.327 e. The highest BCUT2D eigenvalue weighted by molar-refractivity contribution is 5.90. The van der Waals surface area contributed by atoms with Gasteiger partial charge in [0.05, 0.1) is 25.9 Å². The normalized spacial score (nSPS) is 9.38. The van der Waals surface area contributed by atoms with E-state index in [4.69, 9.17) is 11.5 Å². The van der Waals surface area contributed by atoms with Gasteiger partial charge in [0, 0.05) is 0 Å². The predicted octanol–water partition coefficient (Wildman–Crippen LogP) is -2.18. The van der Waals surface area contributed by atoms with Gasteiger partial charge < -0.3 is 20.9 Å². The van der Waals surface area contributed by atoms with E-state index in [2.05, 4.69) is 9.47 Å². The van der Waals surface area contributed by atoms with Crippen molar-refractivity contribution in [2.24, 2.45) is 11.5 Å². The summed E-state index contributed by atoms with van der Waals surface area (Å²) in [5.41, 5.74) is 9.77. The zero-order valence-corrected chi connectivity index (χ0v) is 8.43. The van der Waals surface area contributed by atoms with Crippen LogP contribution in [-0.4, -0.2) is 37.0 Å². The molecule has 8 heteroatoms. The molecule has 0 aromatic heterocycles. The summed E-state index contributed by atoms with van der Waals surface area (Å²) in [4.78, 5) is 42.8. The van der Waals surface area contributed by atoms with E-state index in [1.807, 2.05) is 0 Å². The Bertz CT molecular complexity index is 271. The Morgan fingerprint density at radius 1 is 0.688 bits per heavy atom. The fourth-order valence-corrected chi connectivity index (χ4v) is 0.643. The third kappa shape index (κ3) is 6.62. The summed E-state index contributed by atoms with van der Waals surface area (Å²) in [5.74, 6) is -3.60. The number of carbonyl (C=O) groups is 4. The molecule has 0 atom stereocenters. The Morgan fingerprint density at radius 3 is 1.25 bits per heavy atom. The molecule has 0 fully saturated rings. The lowest BCUT2D eigenvalue weighted by atomic mass is 10.3. The zero-order chi connectivity index (χ0) is 12.6. The van der Waals surface area contributed by atoms with Crippen molar-refractivity contribution in [1.29, 1.82) is 0 Å². The summed E-state index contributed by atoms with van der Waals surface area (Å²) in [6, 6.07) is 0. The van der Waals surface area contributed by atoms with Crippen molar-refractivity contribution in [3.05, 3.63) is 0 Å². The highest BCUT2D eigenvalue weighted by Crippen LogP contribution is 1.96. The van der Waals surface area contributed by atoms with Crippen molar-refractivity contribution >= 4 is 23.9 Å². The lowest BCUT2D eigenvalue weighted by molar-refractivity contribution is -0.164. The monoisotopic (exact) mass is 232 g/mol. The third-order valence-corrected chi connectivity index (χ3v) is 1.32. The number of ether oxygens (including phenoxy) is 2. The van der Waals surface area contributed by atoms with Gasteiger partial charge in [0.25, 0.3) is 0 Å². The van der Waals surface area contributed by atoms with Crippen LogP contribution in [0, 0.1) is 0 Å². The maximum Gasteiger partial charge on any atom is 0.327 e. The molecule has 0 aliphatic heterocycles. The van der Waals surface area contributed by atoms with Crippen LogP contribution >= 0.6 is 0 Å². The van der Waals surface area contributed by atoms with E-state index in [1.54, 1.807) is 0 Å². The second kappa shape index (κ2) is 7.49. The Balaban J connectivity index is 3.79. The topological polar surface area (TPSA) is 139 Å². The van der Waals surface area contributed by atoms with E-state index < -0.39 is 37.0 Å². The minimum Gasteiger partial charge on any atom is -0.392 e. The van der Waals surface area contributed by atoms with Crippen LogP contribution in [0.1, 0.15) is 12.8 Å². The zero-order valence-electron chi connectivity index (χ0n) is 8.43. The molecule has 0 unspecified atom stereocenters. The molecule has 0 spiro atoms. The molecule has 90 valence electrons. The van der Waals surface area contributed by atoms with Crippen LogP contribution in [0.4, 0.5) is 0 Å². The van der Waals surface area contributed by atoms with Crippen LogP contribution in [0.25, 0.3) is 0 Å². The van der Waals surface area contributed by atoms with E-state index in [-0.39, 0.29) is 12.8 Å². The van der Waals surface area contributed by atoms with Crippen LogP contribution < -0.4 is 11.5 Å². The molecule has 0 aromatic rings. The Morgan fingerprint density at radius 2 is 1.00 bits per heavy atom. The molecule has 0 aromatic carbocycles. The third-order valence-electron chi connectivity index (χ3n) is 1.32. The number of hydrogen-bond acceptors (Lipinski definition) is 8. The largest absolute Gasteiger partial charge is 0.392 e. The van der Waals surface area contributed by atoms with Gasteiger partial charge in [-0.3, -0.25) is 19.2 Å². The first-order chi connectivity index (χ1) is 7.49. The van der Waals surface area contributed by atoms with Gasteiger partial charge in [-0.2, -0.15) is 0 Å². The summed E-state index contributed by atoms with van der Waals surface area (Å²) >= 11 is 0. The van der Waals surface area contributed by atoms with Gasteiger partial charge in [-0.1, -0.05) is 0 Å². The second-order valence-corrected chi connectivity index (χ2v) is 2.60. The number of rotatable bonds is 5. The molecule has 0 saturated heterocycles. The molecule has 0 heterocycles. The molecule has 4 N–H and O–H groups in total. The van der Waals surface area contributed by atoms with Gasteiger partial charge in [-0.25, -0.2) is 0 Å².